The number of allylic oxidation sites excluding steroid dienone is 2. The van der Waals surface area contributed by atoms with E-state index >= 15 is 0 Å². The second-order valence-corrected chi connectivity index (χ2v) is 4.96. The highest BCUT2D eigenvalue weighted by Gasteiger charge is 1.98. The van der Waals surface area contributed by atoms with Crippen LogP contribution in [0.1, 0.15) is 71.1 Å². The largest absolute Gasteiger partial charge is 0.469 e. The monoisotopic (exact) mass is 288 g/mol. The topological polar surface area (TPSA) is 26.3 Å². The van der Waals surface area contributed by atoms with E-state index in [1.807, 2.05) is 6.08 Å². The number of hydrogen-bond donors (Lipinski definition) is 0. The van der Waals surface area contributed by atoms with Crippen LogP contribution < -0.4 is 0 Å². The summed E-state index contributed by atoms with van der Waals surface area (Å²) in [6, 6.07) is 0. The molecule has 116 valence electrons. The highest BCUT2D eigenvalue weighted by Crippen LogP contribution is 2.07. The quantitative estimate of drug-likeness (QED) is 0.332. The van der Waals surface area contributed by atoms with Crippen molar-refractivity contribution in [1.29, 1.82) is 0 Å². The average molecular weight is 288 g/mol. The number of hydrogen-bond acceptors (Lipinski definition) is 2. The van der Waals surface area contributed by atoms with Gasteiger partial charge in [0.2, 0.25) is 0 Å². The Kier molecular flexibility index (Phi) is 15.1. The van der Waals surface area contributed by atoms with Crippen molar-refractivity contribution in [1.82, 2.24) is 0 Å². The number of methoxy groups -OCH3 is 1. The second-order valence-electron chi connectivity index (χ2n) is 4.96. The summed E-state index contributed by atoms with van der Waals surface area (Å²) < 4.78 is 4.59. The fraction of sp³-hybridized carbons (Fsp3) is 0.632. The summed E-state index contributed by atoms with van der Waals surface area (Å²) in [6.07, 6.45) is 14.4. The minimum absolute atomic E-state index is 0.108. The third-order valence-corrected chi connectivity index (χ3v) is 3.06. The van der Waals surface area contributed by atoms with E-state index < -0.39 is 0 Å². The Morgan fingerprint density at radius 1 is 1.05 bits per heavy atom. The minimum atomic E-state index is -0.108. The molecule has 0 N–H and O–H groups in total. The molecule has 0 saturated heterocycles. The highest BCUT2D eigenvalue weighted by molar-refractivity contribution is 5.68. The Hall–Kier alpha value is -1.67. The molecule has 0 aromatic heterocycles. The molecule has 0 unspecified atom stereocenters. The summed E-state index contributed by atoms with van der Waals surface area (Å²) in [5.41, 5.74) is 0. The summed E-state index contributed by atoms with van der Waals surface area (Å²) in [4.78, 5) is 10.9. The summed E-state index contributed by atoms with van der Waals surface area (Å²) >= 11 is 0. The van der Waals surface area contributed by atoms with Crippen LogP contribution in [-0.2, 0) is 9.53 Å². The SMILES string of the molecule is CCCC/C=C/C#CC#CCCCCCCCC(=O)OC. The summed E-state index contributed by atoms with van der Waals surface area (Å²) in [6.45, 7) is 2.18. The molecule has 2 heteroatoms. The first-order chi connectivity index (χ1) is 10.3. The summed E-state index contributed by atoms with van der Waals surface area (Å²) in [7, 11) is 1.44. The van der Waals surface area contributed by atoms with Crippen molar-refractivity contribution in [2.75, 3.05) is 7.11 Å². The van der Waals surface area contributed by atoms with Gasteiger partial charge in [-0.05, 0) is 37.2 Å². The maximum absolute atomic E-state index is 10.9. The Morgan fingerprint density at radius 3 is 2.57 bits per heavy atom. The predicted octanol–water partition coefficient (Wildman–Crippen LogP) is 4.64. The van der Waals surface area contributed by atoms with E-state index in [9.17, 15) is 4.79 Å². The van der Waals surface area contributed by atoms with Crippen LogP contribution in [0.4, 0.5) is 0 Å². The second kappa shape index (κ2) is 16.4. The van der Waals surface area contributed by atoms with Crippen LogP contribution in [0.25, 0.3) is 0 Å². The van der Waals surface area contributed by atoms with Gasteiger partial charge in [-0.1, -0.05) is 56.9 Å². The van der Waals surface area contributed by atoms with E-state index in [-0.39, 0.29) is 5.97 Å². The highest BCUT2D eigenvalue weighted by atomic mass is 16.5. The van der Waals surface area contributed by atoms with Gasteiger partial charge in [-0.15, -0.1) is 0 Å². The van der Waals surface area contributed by atoms with Crippen LogP contribution in [0.3, 0.4) is 0 Å². The lowest BCUT2D eigenvalue weighted by Gasteiger charge is -1.99. The Bertz CT molecular complexity index is 399. The molecule has 0 aliphatic carbocycles. The molecule has 0 amide bonds. The zero-order valence-corrected chi connectivity index (χ0v) is 13.5. The fourth-order valence-corrected chi connectivity index (χ4v) is 1.76. The van der Waals surface area contributed by atoms with Gasteiger partial charge >= 0.3 is 5.97 Å². The number of esters is 1. The molecule has 2 nitrogen and oxygen atoms in total. The predicted molar refractivity (Wildman–Crippen MR) is 88.6 cm³/mol. The molecule has 0 aliphatic rings. The Morgan fingerprint density at radius 2 is 1.81 bits per heavy atom. The number of carbonyl (C=O) groups is 1. The van der Waals surface area contributed by atoms with Gasteiger partial charge in [-0.2, -0.15) is 0 Å². The first kappa shape index (κ1) is 19.3. The molecular weight excluding hydrogens is 260 g/mol. The van der Waals surface area contributed by atoms with Crippen LogP contribution >= 0.6 is 0 Å². The lowest BCUT2D eigenvalue weighted by atomic mass is 10.1. The van der Waals surface area contributed by atoms with Crippen molar-refractivity contribution in [2.24, 2.45) is 0 Å². The molecule has 0 spiro atoms. The molecular formula is C19H28O2. The molecule has 0 atom stereocenters. The molecule has 0 aromatic rings. The van der Waals surface area contributed by atoms with Crippen molar-refractivity contribution in [3.63, 3.8) is 0 Å². The van der Waals surface area contributed by atoms with Gasteiger partial charge in [0.15, 0.2) is 0 Å². The molecule has 21 heavy (non-hydrogen) atoms. The Balaban J connectivity index is 3.40. The van der Waals surface area contributed by atoms with E-state index in [0.717, 1.165) is 38.5 Å². The molecule has 0 heterocycles. The average Bonchev–Trinajstić information content (AvgIpc) is 2.50. The van der Waals surface area contributed by atoms with Crippen molar-refractivity contribution in [3.8, 4) is 23.7 Å². The standard InChI is InChI=1S/C19H28O2/c1-3-4-5-6-7-8-9-10-11-12-13-14-15-16-17-18-19(20)21-2/h6-7H,3-5,12-18H2,1-2H3/b7-6+. The van der Waals surface area contributed by atoms with E-state index in [1.54, 1.807) is 0 Å². The first-order valence-corrected chi connectivity index (χ1v) is 8.01. The van der Waals surface area contributed by atoms with Crippen LogP contribution in [0.2, 0.25) is 0 Å². The van der Waals surface area contributed by atoms with E-state index in [4.69, 9.17) is 0 Å². The van der Waals surface area contributed by atoms with E-state index in [2.05, 4.69) is 41.4 Å². The van der Waals surface area contributed by atoms with Gasteiger partial charge in [0.1, 0.15) is 0 Å². The van der Waals surface area contributed by atoms with Crippen LogP contribution in [0.5, 0.6) is 0 Å². The van der Waals surface area contributed by atoms with Gasteiger partial charge < -0.3 is 4.74 Å². The maximum atomic E-state index is 10.9. The maximum Gasteiger partial charge on any atom is 0.305 e. The van der Waals surface area contributed by atoms with Crippen molar-refractivity contribution in [2.45, 2.75) is 71.1 Å². The minimum Gasteiger partial charge on any atom is -0.469 e. The fourth-order valence-electron chi connectivity index (χ4n) is 1.76. The number of carbonyl (C=O) groups excluding carboxylic acids is 1. The zero-order chi connectivity index (χ0) is 15.6. The molecule has 0 aliphatic heterocycles. The lowest BCUT2D eigenvalue weighted by molar-refractivity contribution is -0.140. The molecule has 0 saturated carbocycles. The van der Waals surface area contributed by atoms with Gasteiger partial charge in [-0.25, -0.2) is 0 Å². The Labute approximate surface area is 130 Å². The van der Waals surface area contributed by atoms with E-state index in [1.165, 1.54) is 26.4 Å². The smallest absolute Gasteiger partial charge is 0.305 e. The third-order valence-electron chi connectivity index (χ3n) is 3.06. The van der Waals surface area contributed by atoms with Crippen molar-refractivity contribution in [3.05, 3.63) is 12.2 Å². The van der Waals surface area contributed by atoms with Crippen LogP contribution in [-0.4, -0.2) is 13.1 Å². The van der Waals surface area contributed by atoms with Gasteiger partial charge in [0.05, 0.1) is 7.11 Å². The molecule has 0 bridgehead atoms. The number of ether oxygens (including phenoxy) is 1. The first-order valence-electron chi connectivity index (χ1n) is 8.01. The van der Waals surface area contributed by atoms with Gasteiger partial charge in [0, 0.05) is 12.8 Å². The van der Waals surface area contributed by atoms with Crippen LogP contribution in [0.15, 0.2) is 12.2 Å². The van der Waals surface area contributed by atoms with Crippen molar-refractivity contribution >= 4 is 5.97 Å². The molecule has 0 aromatic carbocycles. The normalized spacial score (nSPS) is 9.62. The van der Waals surface area contributed by atoms with E-state index in [0.29, 0.717) is 6.42 Å². The number of rotatable bonds is 10. The van der Waals surface area contributed by atoms with Gasteiger partial charge in [0.25, 0.3) is 0 Å². The third kappa shape index (κ3) is 16.3. The summed E-state index contributed by atoms with van der Waals surface area (Å²) in [5.74, 6) is 11.6. The van der Waals surface area contributed by atoms with Crippen LogP contribution in [0, 0.1) is 23.7 Å². The summed E-state index contributed by atoms with van der Waals surface area (Å²) in [5, 5.41) is 0. The zero-order valence-electron chi connectivity index (χ0n) is 13.5. The number of unbranched alkanes of at least 4 members (excludes halogenated alkanes) is 7. The molecule has 0 fully saturated rings. The molecule has 0 rings (SSSR count). The van der Waals surface area contributed by atoms with Gasteiger partial charge in [-0.3, -0.25) is 4.79 Å². The molecule has 0 radical (unpaired) electrons. The lowest BCUT2D eigenvalue weighted by Crippen LogP contribution is -1.99. The van der Waals surface area contributed by atoms with Crippen molar-refractivity contribution < 1.29 is 9.53 Å².